The molecule has 5 aliphatic heterocycles. The van der Waals surface area contributed by atoms with Gasteiger partial charge in [0.1, 0.15) is 23.4 Å². The molecule has 5 rings (SSSR count). The third-order valence-corrected chi connectivity index (χ3v) is 13.9. The van der Waals surface area contributed by atoms with Crippen molar-refractivity contribution in [2.24, 2.45) is 23.7 Å². The number of nitrogens with zero attached hydrogens (tertiary/aromatic N) is 4. The van der Waals surface area contributed by atoms with Gasteiger partial charge >= 0.3 is 11.9 Å². The van der Waals surface area contributed by atoms with Gasteiger partial charge in [0.25, 0.3) is 5.91 Å². The van der Waals surface area contributed by atoms with E-state index < -0.39 is 77.2 Å². The molecule has 5 heterocycles. The van der Waals surface area contributed by atoms with Crippen LogP contribution in [-0.4, -0.2) is 164 Å². The van der Waals surface area contributed by atoms with Gasteiger partial charge in [-0.2, -0.15) is 0 Å². The fraction of sp³-hybridized carbons (Fsp3) is 0.706. The Bertz CT molecular complexity index is 1580. The van der Waals surface area contributed by atoms with Gasteiger partial charge in [0.15, 0.2) is 0 Å². The Balaban J connectivity index is 1.47. The number of carboxylic acids is 2. The SMILES string of the molecule is C[C@@H](O)C(C(=O)O)[C@@H]1NC(C(=O)O)=C(S[C@H]2C[C@@H](C(=O)N(C)C)N(C(=O)C3=C(S[C@@H]4CN[C@H](C(=O)N(C)C)C4)[C@H](C)[C@@H]4[C@H]([C@@H](C)O)C(=O)N34)C2)[C@@H]1C. The molecule has 0 aliphatic carbocycles. The minimum Gasteiger partial charge on any atom is -0.481 e. The van der Waals surface area contributed by atoms with Crippen molar-refractivity contribution in [3.05, 3.63) is 21.2 Å². The first-order chi connectivity index (χ1) is 24.3. The second-order valence-electron chi connectivity index (χ2n) is 14.9. The molecule has 0 saturated carbocycles. The third kappa shape index (κ3) is 7.03. The molecule has 0 spiro atoms. The van der Waals surface area contributed by atoms with Crippen LogP contribution >= 0.6 is 23.5 Å². The Kier molecular flexibility index (Phi) is 11.7. The van der Waals surface area contributed by atoms with Crippen molar-refractivity contribution in [2.75, 3.05) is 41.3 Å². The van der Waals surface area contributed by atoms with Gasteiger partial charge in [0.05, 0.1) is 30.2 Å². The summed E-state index contributed by atoms with van der Waals surface area (Å²) in [6.07, 6.45) is -1.54. The molecule has 52 heavy (non-hydrogen) atoms. The Morgan fingerprint density at radius 3 is 2.04 bits per heavy atom. The molecule has 12 atom stereocenters. The standard InChI is InChI=1S/C34H50N6O10S2/c1-13-23(21(15(3)41)33(47)48)36-24(34(49)50)27(13)52-18-10-20(30(44)38(7)8)39(12-18)32(46)26-28(14(2)25-22(16(4)42)31(45)40(25)26)51-17-9-19(35-11-17)29(43)37(5)6/h13-23,25,35-36,41-42H,9-12H2,1-8H3,(H,47,48)(H,49,50)/t13-,14-,15-,16-,17+,18+,19+,20+,21?,22+,23-,25-/m1/s1. The van der Waals surface area contributed by atoms with Gasteiger partial charge < -0.3 is 50.7 Å². The molecule has 0 radical (unpaired) electrons. The highest BCUT2D eigenvalue weighted by molar-refractivity contribution is 8.04. The fourth-order valence-electron chi connectivity index (χ4n) is 8.25. The number of nitrogens with one attached hydrogen (secondary N) is 2. The van der Waals surface area contributed by atoms with Crippen LogP contribution in [0.1, 0.15) is 40.5 Å². The van der Waals surface area contributed by atoms with E-state index in [1.54, 1.807) is 42.0 Å². The van der Waals surface area contributed by atoms with Crippen LogP contribution in [0.15, 0.2) is 21.2 Å². The van der Waals surface area contributed by atoms with Crippen molar-refractivity contribution >= 4 is 59.1 Å². The lowest BCUT2D eigenvalue weighted by Gasteiger charge is -2.47. The summed E-state index contributed by atoms with van der Waals surface area (Å²) in [5, 5.41) is 46.2. The Hall–Kier alpha value is -3.32. The fourth-order valence-corrected chi connectivity index (χ4v) is 11.2. The predicted molar refractivity (Wildman–Crippen MR) is 192 cm³/mol. The number of likely N-dealkylation sites (tertiary alicyclic amines) is 1. The number of likely N-dealkylation sites (N-methyl/N-ethyl adjacent to an activating group) is 2. The molecule has 0 aromatic rings. The average molecular weight is 767 g/mol. The number of fused-ring (bicyclic) bond motifs is 1. The monoisotopic (exact) mass is 766 g/mol. The van der Waals surface area contributed by atoms with Crippen molar-refractivity contribution in [1.29, 1.82) is 0 Å². The number of β-lactam (4-membered cyclic amide) rings is 1. The predicted octanol–water partition coefficient (Wildman–Crippen LogP) is -0.616. The summed E-state index contributed by atoms with van der Waals surface area (Å²) in [7, 11) is 6.52. The first-order valence-electron chi connectivity index (χ1n) is 17.5. The number of aliphatic hydroxyl groups is 2. The van der Waals surface area contributed by atoms with Crippen LogP contribution in [-0.2, 0) is 28.8 Å². The highest BCUT2D eigenvalue weighted by Crippen LogP contribution is 2.53. The van der Waals surface area contributed by atoms with Gasteiger partial charge in [-0.15, -0.1) is 23.5 Å². The quantitative estimate of drug-likeness (QED) is 0.137. The molecule has 288 valence electrons. The maximum atomic E-state index is 14.8. The number of hydrogen-bond donors (Lipinski definition) is 6. The Morgan fingerprint density at radius 1 is 0.885 bits per heavy atom. The van der Waals surface area contributed by atoms with Gasteiger partial charge in [-0.05, 0) is 26.7 Å². The lowest BCUT2D eigenvalue weighted by Crippen LogP contribution is -2.64. The smallest absolute Gasteiger partial charge is 0.352 e. The molecule has 0 bridgehead atoms. The molecule has 0 aromatic carbocycles. The summed E-state index contributed by atoms with van der Waals surface area (Å²) < 4.78 is 0. The van der Waals surface area contributed by atoms with Gasteiger partial charge in [0, 0.05) is 79.5 Å². The Labute approximate surface area is 311 Å². The van der Waals surface area contributed by atoms with Crippen molar-refractivity contribution in [3.63, 3.8) is 0 Å². The van der Waals surface area contributed by atoms with E-state index in [0.29, 0.717) is 22.8 Å². The molecule has 4 amide bonds. The second kappa shape index (κ2) is 15.2. The second-order valence-corrected chi connectivity index (χ2v) is 17.6. The molecule has 16 nitrogen and oxygen atoms in total. The van der Waals surface area contributed by atoms with Gasteiger partial charge in [-0.25, -0.2) is 4.79 Å². The number of amides is 4. The zero-order chi connectivity index (χ0) is 38.7. The number of carbonyl (C=O) groups is 6. The summed E-state index contributed by atoms with van der Waals surface area (Å²) in [4.78, 5) is 86.0. The number of rotatable bonds is 12. The van der Waals surface area contributed by atoms with E-state index in [1.165, 1.54) is 50.0 Å². The van der Waals surface area contributed by atoms with Gasteiger partial charge in [-0.1, -0.05) is 13.8 Å². The molecular weight excluding hydrogens is 717 g/mol. The lowest BCUT2D eigenvalue weighted by atomic mass is 9.79. The van der Waals surface area contributed by atoms with Crippen LogP contribution in [0, 0.1) is 23.7 Å². The number of hydrogen-bond acceptors (Lipinski definition) is 12. The molecule has 0 aromatic heterocycles. The number of carboxylic acid groups (broad SMARTS) is 2. The normalized spacial score (nSPS) is 33.0. The van der Waals surface area contributed by atoms with Crippen molar-refractivity contribution in [3.8, 4) is 0 Å². The van der Waals surface area contributed by atoms with Crippen LogP contribution in [0.5, 0.6) is 0 Å². The summed E-state index contributed by atoms with van der Waals surface area (Å²) in [5.41, 5.74) is -0.0216. The highest BCUT2D eigenvalue weighted by atomic mass is 32.2. The van der Waals surface area contributed by atoms with E-state index in [1.807, 2.05) is 6.92 Å². The number of thioether (sulfide) groups is 2. The van der Waals surface area contributed by atoms with Gasteiger partial charge in [-0.3, -0.25) is 24.0 Å². The van der Waals surface area contributed by atoms with Gasteiger partial charge in [0.2, 0.25) is 17.7 Å². The number of carbonyl (C=O) groups excluding carboxylic acids is 4. The topological polar surface area (TPSA) is 220 Å². The first-order valence-corrected chi connectivity index (χ1v) is 19.2. The molecular formula is C34H50N6O10S2. The van der Waals surface area contributed by atoms with E-state index in [-0.39, 0.29) is 53.2 Å². The third-order valence-electron chi connectivity index (χ3n) is 10.9. The zero-order valence-electron chi connectivity index (χ0n) is 30.6. The zero-order valence-corrected chi connectivity index (χ0v) is 32.2. The van der Waals surface area contributed by atoms with E-state index in [0.717, 1.165) is 0 Å². The molecule has 3 fully saturated rings. The van der Waals surface area contributed by atoms with E-state index in [2.05, 4.69) is 10.6 Å². The van der Waals surface area contributed by atoms with Crippen LogP contribution < -0.4 is 10.6 Å². The number of aliphatic hydroxyl groups excluding tert-OH is 2. The lowest BCUT2D eigenvalue weighted by molar-refractivity contribution is -0.162. The molecule has 5 aliphatic rings. The molecule has 6 N–H and O–H groups in total. The minimum absolute atomic E-state index is 0.0348. The molecule has 3 saturated heterocycles. The highest BCUT2D eigenvalue weighted by Gasteiger charge is 2.61. The van der Waals surface area contributed by atoms with Crippen LogP contribution in [0.25, 0.3) is 0 Å². The summed E-state index contributed by atoms with van der Waals surface area (Å²) in [6, 6.07) is -2.70. The van der Waals surface area contributed by atoms with E-state index in [9.17, 15) is 49.2 Å². The first kappa shape index (κ1) is 39.9. The minimum atomic E-state index is -1.30. The van der Waals surface area contributed by atoms with Crippen molar-refractivity contribution in [1.82, 2.24) is 30.2 Å². The van der Waals surface area contributed by atoms with E-state index >= 15 is 0 Å². The van der Waals surface area contributed by atoms with Crippen LogP contribution in [0.4, 0.5) is 0 Å². The summed E-state index contributed by atoms with van der Waals surface area (Å²) >= 11 is 2.61. The summed E-state index contributed by atoms with van der Waals surface area (Å²) in [6.45, 7) is 7.03. The largest absolute Gasteiger partial charge is 0.481 e. The maximum Gasteiger partial charge on any atom is 0.352 e. The average Bonchev–Trinajstić information content (AvgIpc) is 3.81. The van der Waals surface area contributed by atoms with Crippen molar-refractivity contribution < 1.29 is 49.2 Å². The Morgan fingerprint density at radius 2 is 1.50 bits per heavy atom. The van der Waals surface area contributed by atoms with Crippen molar-refractivity contribution in [2.45, 2.75) is 87.4 Å². The molecule has 18 heteroatoms. The summed E-state index contributed by atoms with van der Waals surface area (Å²) in [5.74, 6) is -6.80. The van der Waals surface area contributed by atoms with Crippen LogP contribution in [0.3, 0.4) is 0 Å². The van der Waals surface area contributed by atoms with E-state index in [4.69, 9.17) is 0 Å². The van der Waals surface area contributed by atoms with Crippen LogP contribution in [0.2, 0.25) is 0 Å². The number of aliphatic carboxylic acids is 2. The maximum absolute atomic E-state index is 14.8. The molecule has 1 unspecified atom stereocenters.